The number of carbonyl (C=O) groups is 3. The number of thioether (sulfide) groups is 1. The molecule has 1 aromatic rings. The van der Waals surface area contributed by atoms with Gasteiger partial charge in [-0.3, -0.25) is 14.4 Å². The maximum absolute atomic E-state index is 13.3. The largest absolute Gasteiger partial charge is 0.370 e. The summed E-state index contributed by atoms with van der Waals surface area (Å²) in [4.78, 5) is 37.4. The summed E-state index contributed by atoms with van der Waals surface area (Å²) in [6, 6.07) is 7.22. The van der Waals surface area contributed by atoms with Crippen molar-refractivity contribution < 1.29 is 14.4 Å². The third-order valence-electron chi connectivity index (χ3n) is 6.46. The van der Waals surface area contributed by atoms with Crippen molar-refractivity contribution in [3.05, 3.63) is 29.8 Å². The van der Waals surface area contributed by atoms with Crippen molar-refractivity contribution >= 4 is 28.7 Å². The van der Waals surface area contributed by atoms with Gasteiger partial charge in [0, 0.05) is 23.3 Å². The third kappa shape index (κ3) is 3.77. The average Bonchev–Trinajstić information content (AvgIpc) is 2.60. The van der Waals surface area contributed by atoms with E-state index >= 15 is 0 Å². The lowest BCUT2D eigenvalue weighted by Gasteiger charge is -2.55. The van der Waals surface area contributed by atoms with Crippen molar-refractivity contribution in [1.29, 1.82) is 0 Å². The second kappa shape index (κ2) is 7.30. The van der Waals surface area contributed by atoms with Crippen LogP contribution in [0.1, 0.15) is 55.3 Å². The number of primary amides is 1. The van der Waals surface area contributed by atoms with Crippen LogP contribution in [0.3, 0.4) is 0 Å². The predicted molar refractivity (Wildman–Crippen MR) is 104 cm³/mol. The fourth-order valence-electron chi connectivity index (χ4n) is 5.71. The lowest BCUT2D eigenvalue weighted by Crippen LogP contribution is -2.49. The van der Waals surface area contributed by atoms with Gasteiger partial charge in [0.15, 0.2) is 5.12 Å². The van der Waals surface area contributed by atoms with Crippen LogP contribution in [0.2, 0.25) is 0 Å². The summed E-state index contributed by atoms with van der Waals surface area (Å²) >= 11 is 1.24. The van der Waals surface area contributed by atoms with E-state index in [0.29, 0.717) is 28.2 Å². The van der Waals surface area contributed by atoms with Crippen molar-refractivity contribution in [3.63, 3.8) is 0 Å². The Morgan fingerprint density at radius 2 is 1.63 bits per heavy atom. The SMILES string of the molecule is NC(=O)CCNC(=O)c1ccccc1SC(=O)C12CC3CC(CC(C3)C1)C2. The lowest BCUT2D eigenvalue weighted by atomic mass is 9.50. The maximum atomic E-state index is 13.3. The highest BCUT2D eigenvalue weighted by molar-refractivity contribution is 8.13. The van der Waals surface area contributed by atoms with Gasteiger partial charge in [-0.05, 0) is 68.4 Å². The van der Waals surface area contributed by atoms with Gasteiger partial charge in [-0.1, -0.05) is 23.9 Å². The Bertz CT molecular complexity index is 741. The quantitative estimate of drug-likeness (QED) is 0.735. The first-order chi connectivity index (χ1) is 12.9. The number of benzene rings is 1. The second-order valence-electron chi connectivity index (χ2n) is 8.56. The molecule has 4 fully saturated rings. The molecule has 0 aromatic heterocycles. The molecular formula is C21H26N2O3S. The first kappa shape index (κ1) is 18.5. The van der Waals surface area contributed by atoms with Crippen molar-refractivity contribution in [2.75, 3.05) is 6.54 Å². The van der Waals surface area contributed by atoms with Gasteiger partial charge >= 0.3 is 0 Å². The molecule has 0 heterocycles. The summed E-state index contributed by atoms with van der Waals surface area (Å²) in [5, 5.41) is 2.95. The highest BCUT2D eigenvalue weighted by Gasteiger charge is 2.54. The molecule has 0 atom stereocenters. The van der Waals surface area contributed by atoms with Gasteiger partial charge in [-0.15, -0.1) is 0 Å². The molecule has 4 bridgehead atoms. The highest BCUT2D eigenvalue weighted by atomic mass is 32.2. The highest BCUT2D eigenvalue weighted by Crippen LogP contribution is 2.61. The molecule has 2 amide bonds. The summed E-state index contributed by atoms with van der Waals surface area (Å²) in [5.74, 6) is 1.43. The normalized spacial score (nSPS) is 30.9. The molecule has 6 heteroatoms. The molecule has 144 valence electrons. The van der Waals surface area contributed by atoms with E-state index in [1.54, 1.807) is 12.1 Å². The molecule has 0 spiro atoms. The Morgan fingerprint density at radius 3 is 2.22 bits per heavy atom. The summed E-state index contributed by atoms with van der Waals surface area (Å²) in [6.07, 6.45) is 7.09. The van der Waals surface area contributed by atoms with Gasteiger partial charge < -0.3 is 11.1 Å². The number of amides is 2. The predicted octanol–water partition coefficient (Wildman–Crippen LogP) is 3.13. The van der Waals surface area contributed by atoms with Gasteiger partial charge in [0.2, 0.25) is 5.91 Å². The fraction of sp³-hybridized carbons (Fsp3) is 0.571. The summed E-state index contributed by atoms with van der Waals surface area (Å²) < 4.78 is 0. The third-order valence-corrected chi connectivity index (χ3v) is 7.66. The Balaban J connectivity index is 1.47. The molecule has 1 aromatic carbocycles. The van der Waals surface area contributed by atoms with E-state index in [2.05, 4.69) is 5.32 Å². The van der Waals surface area contributed by atoms with Crippen LogP contribution in [0.4, 0.5) is 0 Å². The van der Waals surface area contributed by atoms with Gasteiger partial charge in [-0.2, -0.15) is 0 Å². The Labute approximate surface area is 163 Å². The van der Waals surface area contributed by atoms with Crippen LogP contribution in [0, 0.1) is 23.2 Å². The van der Waals surface area contributed by atoms with E-state index < -0.39 is 5.91 Å². The first-order valence-corrected chi connectivity index (χ1v) is 10.6. The number of nitrogens with two attached hydrogens (primary N) is 1. The topological polar surface area (TPSA) is 89.3 Å². The van der Waals surface area contributed by atoms with Crippen molar-refractivity contribution in [1.82, 2.24) is 5.32 Å². The molecule has 5 nitrogen and oxygen atoms in total. The number of hydrogen-bond donors (Lipinski definition) is 2. The summed E-state index contributed by atoms with van der Waals surface area (Å²) in [5.41, 5.74) is 5.42. The van der Waals surface area contributed by atoms with Gasteiger partial charge in [0.1, 0.15) is 0 Å². The molecule has 0 saturated heterocycles. The summed E-state index contributed by atoms with van der Waals surface area (Å²) in [7, 11) is 0. The van der Waals surface area contributed by atoms with Crippen LogP contribution in [0.25, 0.3) is 0 Å². The second-order valence-corrected chi connectivity index (χ2v) is 9.57. The molecule has 5 rings (SSSR count). The van der Waals surface area contributed by atoms with E-state index in [9.17, 15) is 14.4 Å². The van der Waals surface area contributed by atoms with Crippen LogP contribution in [0.5, 0.6) is 0 Å². The molecule has 0 aliphatic heterocycles. The lowest BCUT2D eigenvalue weighted by molar-refractivity contribution is -0.134. The van der Waals surface area contributed by atoms with Crippen molar-refractivity contribution in [3.8, 4) is 0 Å². The van der Waals surface area contributed by atoms with Gasteiger partial charge in [0.25, 0.3) is 5.91 Å². The molecule has 4 saturated carbocycles. The van der Waals surface area contributed by atoms with E-state index in [1.165, 1.54) is 31.0 Å². The minimum Gasteiger partial charge on any atom is -0.370 e. The molecule has 3 N–H and O–H groups in total. The van der Waals surface area contributed by atoms with Crippen LogP contribution >= 0.6 is 11.8 Å². The zero-order chi connectivity index (χ0) is 19.0. The van der Waals surface area contributed by atoms with Crippen LogP contribution in [-0.4, -0.2) is 23.5 Å². The van der Waals surface area contributed by atoms with Crippen LogP contribution < -0.4 is 11.1 Å². The standard InChI is InChI=1S/C21H26N2O3S/c22-18(24)5-6-23-19(25)16-3-1-2-4-17(16)27-20(26)21-10-13-7-14(11-21)9-15(8-13)12-21/h1-4,13-15H,5-12H2,(H2,22,24)(H,23,25). The number of carbonyl (C=O) groups excluding carboxylic acids is 3. The van der Waals surface area contributed by atoms with Crippen LogP contribution in [0.15, 0.2) is 29.2 Å². The molecule has 4 aliphatic rings. The molecule has 4 aliphatic carbocycles. The molecule has 27 heavy (non-hydrogen) atoms. The zero-order valence-corrected chi connectivity index (χ0v) is 16.2. The van der Waals surface area contributed by atoms with E-state index in [0.717, 1.165) is 19.3 Å². The van der Waals surface area contributed by atoms with E-state index in [1.807, 2.05) is 12.1 Å². The van der Waals surface area contributed by atoms with Gasteiger partial charge in [-0.25, -0.2) is 0 Å². The molecular weight excluding hydrogens is 360 g/mol. The summed E-state index contributed by atoms with van der Waals surface area (Å²) in [6.45, 7) is 0.204. The van der Waals surface area contributed by atoms with E-state index in [4.69, 9.17) is 5.73 Å². The fourth-order valence-corrected chi connectivity index (χ4v) is 6.79. The first-order valence-electron chi connectivity index (χ1n) is 9.83. The van der Waals surface area contributed by atoms with E-state index in [-0.39, 0.29) is 29.4 Å². The smallest absolute Gasteiger partial charge is 0.252 e. The maximum Gasteiger partial charge on any atom is 0.252 e. The number of rotatable bonds is 6. The molecule has 0 unspecified atom stereocenters. The minimum atomic E-state index is -0.449. The van der Waals surface area contributed by atoms with Crippen molar-refractivity contribution in [2.24, 2.45) is 28.9 Å². The average molecular weight is 387 g/mol. The Morgan fingerprint density at radius 1 is 1.04 bits per heavy atom. The zero-order valence-electron chi connectivity index (χ0n) is 15.4. The molecule has 0 radical (unpaired) electrons. The number of nitrogens with one attached hydrogen (secondary N) is 1. The Hall–Kier alpha value is -1.82. The van der Waals surface area contributed by atoms with Gasteiger partial charge in [0.05, 0.1) is 5.56 Å². The van der Waals surface area contributed by atoms with Crippen molar-refractivity contribution in [2.45, 2.75) is 49.8 Å². The Kier molecular flexibility index (Phi) is 5.01. The van der Waals surface area contributed by atoms with Crippen LogP contribution in [-0.2, 0) is 9.59 Å². The number of hydrogen-bond acceptors (Lipinski definition) is 4. The minimum absolute atomic E-state index is 0.104. The monoisotopic (exact) mass is 386 g/mol.